The maximum absolute atomic E-state index is 2.39. The third-order valence-corrected chi connectivity index (χ3v) is 3.84. The van der Waals surface area contributed by atoms with Gasteiger partial charge in [-0.05, 0) is 64.8 Å². The standard InChI is InChI=1S/C14H13I/c1-10-8-9-13(15)11(2)14(10)12-6-4-3-5-7-12/h3-9H,1-2H3. The van der Waals surface area contributed by atoms with Crippen LogP contribution in [-0.4, -0.2) is 0 Å². The molecule has 0 unspecified atom stereocenters. The summed E-state index contributed by atoms with van der Waals surface area (Å²) in [6.07, 6.45) is 0. The molecule has 0 radical (unpaired) electrons. The van der Waals surface area contributed by atoms with E-state index in [0.29, 0.717) is 0 Å². The fourth-order valence-corrected chi connectivity index (χ4v) is 2.32. The summed E-state index contributed by atoms with van der Waals surface area (Å²) in [7, 11) is 0. The average Bonchev–Trinajstić information content (AvgIpc) is 2.26. The highest BCUT2D eigenvalue weighted by atomic mass is 127. The van der Waals surface area contributed by atoms with E-state index in [-0.39, 0.29) is 0 Å². The summed E-state index contributed by atoms with van der Waals surface area (Å²) in [6.45, 7) is 4.36. The van der Waals surface area contributed by atoms with Gasteiger partial charge in [0.1, 0.15) is 0 Å². The lowest BCUT2D eigenvalue weighted by molar-refractivity contribution is 1.35. The van der Waals surface area contributed by atoms with Gasteiger partial charge in [-0.25, -0.2) is 0 Å². The molecule has 0 aromatic heterocycles. The average molecular weight is 308 g/mol. The van der Waals surface area contributed by atoms with Crippen molar-refractivity contribution in [3.8, 4) is 11.1 Å². The van der Waals surface area contributed by atoms with Crippen molar-refractivity contribution in [3.63, 3.8) is 0 Å². The smallest absolute Gasteiger partial charge is 0.0165 e. The number of benzene rings is 2. The first-order valence-corrected chi connectivity index (χ1v) is 6.09. The molecule has 1 heteroatoms. The molecule has 76 valence electrons. The van der Waals surface area contributed by atoms with Gasteiger partial charge in [0.2, 0.25) is 0 Å². The van der Waals surface area contributed by atoms with Gasteiger partial charge in [-0.2, -0.15) is 0 Å². The Morgan fingerprint density at radius 2 is 1.53 bits per heavy atom. The molecule has 0 amide bonds. The van der Waals surface area contributed by atoms with Gasteiger partial charge in [0, 0.05) is 3.57 Å². The topological polar surface area (TPSA) is 0 Å². The summed E-state index contributed by atoms with van der Waals surface area (Å²) in [5.74, 6) is 0. The minimum Gasteiger partial charge on any atom is -0.0622 e. The normalized spacial score (nSPS) is 10.3. The van der Waals surface area contributed by atoms with E-state index in [1.807, 2.05) is 0 Å². The van der Waals surface area contributed by atoms with Crippen LogP contribution in [0.4, 0.5) is 0 Å². The van der Waals surface area contributed by atoms with Crippen LogP contribution in [0.15, 0.2) is 42.5 Å². The van der Waals surface area contributed by atoms with Crippen LogP contribution < -0.4 is 0 Å². The van der Waals surface area contributed by atoms with Crippen LogP contribution in [0.3, 0.4) is 0 Å². The molecule has 0 atom stereocenters. The van der Waals surface area contributed by atoms with Crippen molar-refractivity contribution in [3.05, 3.63) is 57.2 Å². The van der Waals surface area contributed by atoms with Crippen LogP contribution in [0.1, 0.15) is 11.1 Å². The number of aryl methyl sites for hydroxylation is 1. The maximum Gasteiger partial charge on any atom is 0.0165 e. The summed E-state index contributed by atoms with van der Waals surface area (Å²) < 4.78 is 1.33. The molecule has 2 aromatic rings. The number of hydrogen-bond acceptors (Lipinski definition) is 0. The van der Waals surface area contributed by atoms with Crippen molar-refractivity contribution in [2.45, 2.75) is 13.8 Å². The SMILES string of the molecule is Cc1ccc(I)c(C)c1-c1ccccc1. The molecule has 0 saturated carbocycles. The molecule has 0 spiro atoms. The molecule has 0 nitrogen and oxygen atoms in total. The lowest BCUT2D eigenvalue weighted by Crippen LogP contribution is -1.90. The molecule has 0 saturated heterocycles. The molecular formula is C14H13I. The van der Waals surface area contributed by atoms with E-state index < -0.39 is 0 Å². The Hall–Kier alpha value is -0.830. The highest BCUT2D eigenvalue weighted by molar-refractivity contribution is 14.1. The van der Waals surface area contributed by atoms with Crippen molar-refractivity contribution in [1.29, 1.82) is 0 Å². The van der Waals surface area contributed by atoms with Gasteiger partial charge in [-0.1, -0.05) is 36.4 Å². The molecule has 0 heterocycles. The van der Waals surface area contributed by atoms with Gasteiger partial charge < -0.3 is 0 Å². The molecule has 15 heavy (non-hydrogen) atoms. The number of halogens is 1. The van der Waals surface area contributed by atoms with E-state index in [1.54, 1.807) is 0 Å². The monoisotopic (exact) mass is 308 g/mol. The van der Waals surface area contributed by atoms with Crippen LogP contribution in [0.5, 0.6) is 0 Å². The Labute approximate surface area is 104 Å². The first-order chi connectivity index (χ1) is 7.20. The minimum absolute atomic E-state index is 1.31. The Balaban J connectivity index is 2.68. The Morgan fingerprint density at radius 3 is 2.20 bits per heavy atom. The van der Waals surface area contributed by atoms with Gasteiger partial charge in [-0.15, -0.1) is 0 Å². The predicted octanol–water partition coefficient (Wildman–Crippen LogP) is 4.58. The van der Waals surface area contributed by atoms with Crippen LogP contribution >= 0.6 is 22.6 Å². The lowest BCUT2D eigenvalue weighted by Gasteiger charge is -2.11. The van der Waals surface area contributed by atoms with Crippen molar-refractivity contribution < 1.29 is 0 Å². The van der Waals surface area contributed by atoms with E-state index in [4.69, 9.17) is 0 Å². The number of hydrogen-bond donors (Lipinski definition) is 0. The summed E-state index contributed by atoms with van der Waals surface area (Å²) in [5, 5.41) is 0. The molecule has 2 aromatic carbocycles. The van der Waals surface area contributed by atoms with E-state index in [2.05, 4.69) is 78.9 Å². The molecule has 2 rings (SSSR count). The molecule has 0 bridgehead atoms. The Morgan fingerprint density at radius 1 is 0.867 bits per heavy atom. The second kappa shape index (κ2) is 4.35. The highest BCUT2D eigenvalue weighted by Gasteiger charge is 2.07. The summed E-state index contributed by atoms with van der Waals surface area (Å²) in [5.41, 5.74) is 5.41. The molecule has 0 aliphatic carbocycles. The third kappa shape index (κ3) is 2.07. The van der Waals surface area contributed by atoms with Crippen LogP contribution in [-0.2, 0) is 0 Å². The fraction of sp³-hybridized carbons (Fsp3) is 0.143. The van der Waals surface area contributed by atoms with E-state index >= 15 is 0 Å². The Bertz CT molecular complexity index is 472. The lowest BCUT2D eigenvalue weighted by atomic mass is 9.96. The van der Waals surface area contributed by atoms with Crippen LogP contribution in [0, 0.1) is 17.4 Å². The van der Waals surface area contributed by atoms with Gasteiger partial charge in [0.25, 0.3) is 0 Å². The zero-order chi connectivity index (χ0) is 10.8. The van der Waals surface area contributed by atoms with Gasteiger partial charge in [0.05, 0.1) is 0 Å². The molecular weight excluding hydrogens is 295 g/mol. The molecule has 0 N–H and O–H groups in total. The highest BCUT2D eigenvalue weighted by Crippen LogP contribution is 2.29. The molecule has 0 aliphatic rings. The van der Waals surface area contributed by atoms with Crippen molar-refractivity contribution >= 4 is 22.6 Å². The first-order valence-electron chi connectivity index (χ1n) is 5.01. The zero-order valence-corrected chi connectivity index (χ0v) is 11.1. The van der Waals surface area contributed by atoms with Crippen molar-refractivity contribution in [1.82, 2.24) is 0 Å². The van der Waals surface area contributed by atoms with E-state index in [9.17, 15) is 0 Å². The van der Waals surface area contributed by atoms with Crippen LogP contribution in [0.25, 0.3) is 11.1 Å². The third-order valence-electron chi connectivity index (χ3n) is 2.67. The summed E-state index contributed by atoms with van der Waals surface area (Å²) in [6, 6.07) is 15.0. The van der Waals surface area contributed by atoms with Gasteiger partial charge >= 0.3 is 0 Å². The second-order valence-electron chi connectivity index (χ2n) is 3.73. The van der Waals surface area contributed by atoms with Crippen molar-refractivity contribution in [2.75, 3.05) is 0 Å². The number of rotatable bonds is 1. The van der Waals surface area contributed by atoms with E-state index in [0.717, 1.165) is 0 Å². The largest absolute Gasteiger partial charge is 0.0622 e. The quantitative estimate of drug-likeness (QED) is 0.677. The predicted molar refractivity (Wildman–Crippen MR) is 74.1 cm³/mol. The van der Waals surface area contributed by atoms with Crippen molar-refractivity contribution in [2.24, 2.45) is 0 Å². The van der Waals surface area contributed by atoms with E-state index in [1.165, 1.54) is 25.8 Å². The zero-order valence-electron chi connectivity index (χ0n) is 8.92. The van der Waals surface area contributed by atoms with Gasteiger partial charge in [-0.3, -0.25) is 0 Å². The molecule has 0 aliphatic heterocycles. The van der Waals surface area contributed by atoms with Crippen LogP contribution in [0.2, 0.25) is 0 Å². The minimum atomic E-state index is 1.31. The summed E-state index contributed by atoms with van der Waals surface area (Å²) in [4.78, 5) is 0. The fourth-order valence-electron chi connectivity index (χ4n) is 1.87. The first kappa shape index (κ1) is 10.7. The maximum atomic E-state index is 2.39. The molecule has 0 fully saturated rings. The summed E-state index contributed by atoms with van der Waals surface area (Å²) >= 11 is 2.39. The van der Waals surface area contributed by atoms with Gasteiger partial charge in [0.15, 0.2) is 0 Å². The Kier molecular flexibility index (Phi) is 3.10. The second-order valence-corrected chi connectivity index (χ2v) is 4.89.